The first kappa shape index (κ1) is 17.9. The van der Waals surface area contributed by atoms with E-state index in [4.69, 9.17) is 0 Å². The lowest BCUT2D eigenvalue weighted by Gasteiger charge is -2.39. The van der Waals surface area contributed by atoms with E-state index in [0.29, 0.717) is 4.08 Å². The van der Waals surface area contributed by atoms with Gasteiger partial charge in [-0.05, 0) is 56.1 Å². The van der Waals surface area contributed by atoms with E-state index in [9.17, 15) is 0 Å². The zero-order valence-corrected chi connectivity index (χ0v) is 16.6. The predicted molar refractivity (Wildman–Crippen MR) is 108 cm³/mol. The van der Waals surface area contributed by atoms with Crippen molar-refractivity contribution in [1.82, 2.24) is 9.55 Å². The number of benzene rings is 1. The van der Waals surface area contributed by atoms with Crippen LogP contribution in [0.15, 0.2) is 36.9 Å². The maximum atomic E-state index is 4.15. The minimum atomic E-state index is 0.341. The van der Waals surface area contributed by atoms with E-state index in [0.717, 1.165) is 12.5 Å². The smallest absolute Gasteiger partial charge is 0.0945 e. The van der Waals surface area contributed by atoms with Crippen molar-refractivity contribution in [3.63, 3.8) is 0 Å². The predicted octanol–water partition coefficient (Wildman–Crippen LogP) is 5.34. The summed E-state index contributed by atoms with van der Waals surface area (Å²) in [4.78, 5) is 4.15. The Morgan fingerprint density at radius 1 is 1.17 bits per heavy atom. The third-order valence-corrected chi connectivity index (χ3v) is 8.48. The SMILES string of the molecule is Cc1cc(C)cc(CC2(CCCn3ccnc3)SCC(C)CS2)c1. The zero-order chi connectivity index (χ0) is 17.0. The molecule has 2 heterocycles. The Balaban J connectivity index is 1.69. The standard InChI is InChI=1S/C20H28N2S2/c1-16-9-17(2)11-19(10-16)12-20(23-13-18(3)14-24-20)5-4-7-22-8-6-21-15-22/h6,8-11,15,18H,4-5,7,12-14H2,1-3H3. The molecule has 1 aliphatic heterocycles. The van der Waals surface area contributed by atoms with E-state index in [-0.39, 0.29) is 0 Å². The van der Waals surface area contributed by atoms with Crippen LogP contribution in [0.25, 0.3) is 0 Å². The molecule has 24 heavy (non-hydrogen) atoms. The molecule has 1 fully saturated rings. The molecule has 0 radical (unpaired) electrons. The molecule has 0 spiro atoms. The van der Waals surface area contributed by atoms with Gasteiger partial charge in [-0.25, -0.2) is 4.98 Å². The lowest BCUT2D eigenvalue weighted by atomic mass is 10.0. The van der Waals surface area contributed by atoms with E-state index >= 15 is 0 Å². The van der Waals surface area contributed by atoms with Crippen molar-refractivity contribution in [2.24, 2.45) is 5.92 Å². The first-order valence-corrected chi connectivity index (χ1v) is 10.8. The van der Waals surface area contributed by atoms with Crippen LogP contribution in [0.2, 0.25) is 0 Å². The second-order valence-electron chi connectivity index (χ2n) is 7.21. The van der Waals surface area contributed by atoms with Crippen LogP contribution in [0.3, 0.4) is 0 Å². The van der Waals surface area contributed by atoms with Gasteiger partial charge in [0.2, 0.25) is 0 Å². The second kappa shape index (κ2) is 8.01. The first-order chi connectivity index (χ1) is 11.5. The topological polar surface area (TPSA) is 17.8 Å². The Bertz CT molecular complexity index is 623. The van der Waals surface area contributed by atoms with Crippen LogP contribution in [-0.2, 0) is 13.0 Å². The van der Waals surface area contributed by atoms with Gasteiger partial charge >= 0.3 is 0 Å². The molecule has 130 valence electrons. The Hall–Kier alpha value is -0.870. The number of nitrogens with zero attached hydrogens (tertiary/aromatic N) is 2. The maximum absolute atomic E-state index is 4.15. The molecule has 0 saturated carbocycles. The number of aryl methyl sites for hydroxylation is 3. The molecule has 0 atom stereocenters. The average Bonchev–Trinajstić information content (AvgIpc) is 3.03. The molecule has 1 saturated heterocycles. The molecule has 0 N–H and O–H groups in total. The molecule has 1 aromatic carbocycles. The molecule has 1 aromatic heterocycles. The molecule has 2 aromatic rings. The summed E-state index contributed by atoms with van der Waals surface area (Å²) in [5.74, 6) is 3.42. The molecule has 2 nitrogen and oxygen atoms in total. The Morgan fingerprint density at radius 3 is 2.50 bits per heavy atom. The summed E-state index contributed by atoms with van der Waals surface area (Å²) in [5, 5.41) is 0. The van der Waals surface area contributed by atoms with Crippen molar-refractivity contribution in [2.75, 3.05) is 11.5 Å². The van der Waals surface area contributed by atoms with Gasteiger partial charge in [0, 0.05) is 18.9 Å². The largest absolute Gasteiger partial charge is 0.337 e. The highest BCUT2D eigenvalue weighted by Gasteiger charge is 2.35. The van der Waals surface area contributed by atoms with Crippen LogP contribution in [0.4, 0.5) is 0 Å². The molecular formula is C20H28N2S2. The normalized spacial score (nSPS) is 24.2. The van der Waals surface area contributed by atoms with Crippen molar-refractivity contribution in [2.45, 2.75) is 50.7 Å². The third-order valence-electron chi connectivity index (χ3n) is 4.55. The average molecular weight is 361 g/mol. The Labute approximate surface area is 154 Å². The van der Waals surface area contributed by atoms with Gasteiger partial charge in [0.1, 0.15) is 0 Å². The highest BCUT2D eigenvalue weighted by molar-refractivity contribution is 8.18. The maximum Gasteiger partial charge on any atom is 0.0945 e. The zero-order valence-electron chi connectivity index (χ0n) is 15.0. The highest BCUT2D eigenvalue weighted by atomic mass is 32.2. The molecule has 0 aliphatic carbocycles. The molecule has 0 unspecified atom stereocenters. The van der Waals surface area contributed by atoms with Gasteiger partial charge in [0.25, 0.3) is 0 Å². The van der Waals surface area contributed by atoms with Gasteiger partial charge in [0.05, 0.1) is 10.4 Å². The van der Waals surface area contributed by atoms with Crippen molar-refractivity contribution in [3.05, 3.63) is 53.6 Å². The van der Waals surface area contributed by atoms with Crippen LogP contribution in [0, 0.1) is 19.8 Å². The van der Waals surface area contributed by atoms with Crippen LogP contribution < -0.4 is 0 Å². The van der Waals surface area contributed by atoms with E-state index in [2.05, 4.69) is 78.2 Å². The summed E-state index contributed by atoms with van der Waals surface area (Å²) < 4.78 is 2.54. The summed E-state index contributed by atoms with van der Waals surface area (Å²) >= 11 is 4.40. The fraction of sp³-hybridized carbons (Fsp3) is 0.550. The van der Waals surface area contributed by atoms with Crippen molar-refractivity contribution < 1.29 is 0 Å². The minimum absolute atomic E-state index is 0.341. The van der Waals surface area contributed by atoms with E-state index in [1.807, 2.05) is 12.5 Å². The first-order valence-electron chi connectivity index (χ1n) is 8.85. The molecule has 3 rings (SSSR count). The van der Waals surface area contributed by atoms with Crippen LogP contribution in [-0.4, -0.2) is 25.1 Å². The summed E-state index contributed by atoms with van der Waals surface area (Å²) in [5.41, 5.74) is 4.28. The van der Waals surface area contributed by atoms with E-state index in [1.165, 1.54) is 47.5 Å². The molecule has 0 bridgehead atoms. The fourth-order valence-corrected chi connectivity index (χ4v) is 6.86. The van der Waals surface area contributed by atoms with Crippen LogP contribution in [0.5, 0.6) is 0 Å². The quantitative estimate of drug-likeness (QED) is 0.693. The highest BCUT2D eigenvalue weighted by Crippen LogP contribution is 2.49. The molecular weight excluding hydrogens is 332 g/mol. The van der Waals surface area contributed by atoms with Gasteiger partial charge in [-0.2, -0.15) is 0 Å². The van der Waals surface area contributed by atoms with Gasteiger partial charge in [-0.1, -0.05) is 36.2 Å². The van der Waals surface area contributed by atoms with Crippen LogP contribution >= 0.6 is 23.5 Å². The van der Waals surface area contributed by atoms with Crippen molar-refractivity contribution >= 4 is 23.5 Å². The summed E-state index contributed by atoms with van der Waals surface area (Å²) in [6, 6.07) is 7.03. The van der Waals surface area contributed by atoms with E-state index in [1.54, 1.807) is 0 Å². The number of hydrogen-bond acceptors (Lipinski definition) is 3. The van der Waals surface area contributed by atoms with Gasteiger partial charge in [-0.3, -0.25) is 0 Å². The number of rotatable bonds is 6. The van der Waals surface area contributed by atoms with Gasteiger partial charge in [0.15, 0.2) is 0 Å². The monoisotopic (exact) mass is 360 g/mol. The Kier molecular flexibility index (Phi) is 5.98. The van der Waals surface area contributed by atoms with Crippen molar-refractivity contribution in [3.8, 4) is 0 Å². The minimum Gasteiger partial charge on any atom is -0.337 e. The summed E-state index contributed by atoms with van der Waals surface area (Å²) in [6.07, 6.45) is 9.54. The molecule has 4 heteroatoms. The van der Waals surface area contributed by atoms with E-state index < -0.39 is 0 Å². The molecule has 1 aliphatic rings. The van der Waals surface area contributed by atoms with Gasteiger partial charge in [-0.15, -0.1) is 23.5 Å². The second-order valence-corrected chi connectivity index (χ2v) is 10.3. The fourth-order valence-electron chi connectivity index (χ4n) is 3.44. The van der Waals surface area contributed by atoms with Crippen LogP contribution in [0.1, 0.15) is 36.5 Å². The lowest BCUT2D eigenvalue weighted by molar-refractivity contribution is 0.570. The van der Waals surface area contributed by atoms with Crippen molar-refractivity contribution in [1.29, 1.82) is 0 Å². The lowest BCUT2D eigenvalue weighted by Crippen LogP contribution is -2.31. The number of aromatic nitrogens is 2. The number of thioether (sulfide) groups is 2. The Morgan fingerprint density at radius 2 is 1.88 bits per heavy atom. The summed E-state index contributed by atoms with van der Waals surface area (Å²) in [6.45, 7) is 7.88. The van der Waals surface area contributed by atoms with Gasteiger partial charge < -0.3 is 4.57 Å². The molecule has 0 amide bonds. The summed E-state index contributed by atoms with van der Waals surface area (Å²) in [7, 11) is 0. The third kappa shape index (κ3) is 4.82. The number of hydrogen-bond donors (Lipinski definition) is 0. The number of imidazole rings is 1.